The minimum absolute atomic E-state index is 0.107. The maximum atomic E-state index is 12.8. The number of aromatic nitrogens is 2. The number of amides is 1. The summed E-state index contributed by atoms with van der Waals surface area (Å²) in [5, 5.41) is 3.03. The Kier molecular flexibility index (Phi) is 3.60. The normalized spacial score (nSPS) is 19.0. The van der Waals surface area contributed by atoms with Gasteiger partial charge in [0.2, 0.25) is 5.91 Å². The molecule has 2 fully saturated rings. The van der Waals surface area contributed by atoms with Crippen LogP contribution in [0.1, 0.15) is 49.4 Å². The van der Waals surface area contributed by atoms with E-state index in [9.17, 15) is 4.79 Å². The molecule has 0 saturated heterocycles. The fraction of sp³-hybridized carbons (Fsp3) is 0.421. The molecular weight excluding hydrogens is 286 g/mol. The van der Waals surface area contributed by atoms with Gasteiger partial charge in [-0.3, -0.25) is 4.79 Å². The van der Waals surface area contributed by atoms with E-state index in [1.54, 1.807) is 12.4 Å². The van der Waals surface area contributed by atoms with Crippen LogP contribution in [0.5, 0.6) is 0 Å². The average Bonchev–Trinajstić information content (AvgIpc) is 3.37. The molecule has 0 radical (unpaired) electrons. The van der Waals surface area contributed by atoms with Gasteiger partial charge in [-0.15, -0.1) is 0 Å². The number of hydrogen-bond acceptors (Lipinski definition) is 3. The van der Waals surface area contributed by atoms with Crippen LogP contribution in [0.25, 0.3) is 0 Å². The summed E-state index contributed by atoms with van der Waals surface area (Å²) in [7, 11) is 0. The van der Waals surface area contributed by atoms with Crippen molar-refractivity contribution in [3.05, 3.63) is 54.1 Å². The first-order valence-electron chi connectivity index (χ1n) is 8.43. The molecule has 0 atom stereocenters. The molecule has 0 aliphatic heterocycles. The molecule has 1 aromatic carbocycles. The molecule has 118 valence electrons. The number of anilines is 1. The molecule has 4 nitrogen and oxygen atoms in total. The third kappa shape index (κ3) is 2.98. The van der Waals surface area contributed by atoms with Crippen LogP contribution in [-0.2, 0) is 11.2 Å². The van der Waals surface area contributed by atoms with Crippen LogP contribution in [0.3, 0.4) is 0 Å². The van der Waals surface area contributed by atoms with E-state index < -0.39 is 0 Å². The Hall–Kier alpha value is -2.23. The zero-order valence-electron chi connectivity index (χ0n) is 13.2. The Bertz CT molecular complexity index is 688. The van der Waals surface area contributed by atoms with Crippen molar-refractivity contribution in [2.75, 3.05) is 5.32 Å². The number of benzene rings is 1. The Balaban J connectivity index is 1.45. The molecule has 1 amide bonds. The Morgan fingerprint density at radius 1 is 1.13 bits per heavy atom. The van der Waals surface area contributed by atoms with E-state index in [2.05, 4.69) is 27.4 Å². The number of carbonyl (C=O) groups is 1. The quantitative estimate of drug-likeness (QED) is 0.916. The lowest BCUT2D eigenvalue weighted by Gasteiger charge is -2.40. The summed E-state index contributed by atoms with van der Waals surface area (Å²) in [6, 6.07) is 10.3. The highest BCUT2D eigenvalue weighted by atomic mass is 16.2. The molecule has 0 bridgehead atoms. The molecule has 1 aromatic heterocycles. The van der Waals surface area contributed by atoms with Crippen LogP contribution >= 0.6 is 0 Å². The molecule has 23 heavy (non-hydrogen) atoms. The van der Waals surface area contributed by atoms with Crippen molar-refractivity contribution in [1.29, 1.82) is 0 Å². The number of nitrogens with one attached hydrogen (secondary N) is 1. The van der Waals surface area contributed by atoms with Gasteiger partial charge in [0.15, 0.2) is 0 Å². The van der Waals surface area contributed by atoms with Gasteiger partial charge in [0.1, 0.15) is 5.82 Å². The third-order valence-electron chi connectivity index (χ3n) is 5.05. The predicted octanol–water partition coefficient (Wildman–Crippen LogP) is 3.71. The molecule has 1 heterocycles. The summed E-state index contributed by atoms with van der Waals surface area (Å²) in [4.78, 5) is 21.5. The largest absolute Gasteiger partial charge is 0.323 e. The maximum Gasteiger partial charge on any atom is 0.231 e. The van der Waals surface area contributed by atoms with Crippen molar-refractivity contribution in [3.8, 4) is 0 Å². The summed E-state index contributed by atoms with van der Waals surface area (Å²) in [6.07, 6.45) is 9.69. The summed E-state index contributed by atoms with van der Waals surface area (Å²) in [5.41, 5.74) is 1.66. The van der Waals surface area contributed by atoms with Crippen molar-refractivity contribution >= 4 is 11.6 Å². The fourth-order valence-electron chi connectivity index (χ4n) is 3.29. The van der Waals surface area contributed by atoms with Gasteiger partial charge in [-0.25, -0.2) is 9.97 Å². The Morgan fingerprint density at radius 2 is 1.83 bits per heavy atom. The summed E-state index contributed by atoms with van der Waals surface area (Å²) >= 11 is 0. The fourth-order valence-corrected chi connectivity index (χ4v) is 3.29. The molecule has 0 unspecified atom stereocenters. The molecule has 2 aliphatic carbocycles. The maximum absolute atomic E-state index is 12.8. The highest BCUT2D eigenvalue weighted by Crippen LogP contribution is 2.44. The lowest BCUT2D eigenvalue weighted by molar-refractivity contribution is -0.130. The second-order valence-corrected chi connectivity index (χ2v) is 6.85. The van der Waals surface area contributed by atoms with E-state index in [1.165, 1.54) is 18.4 Å². The Morgan fingerprint density at radius 3 is 2.39 bits per heavy atom. The van der Waals surface area contributed by atoms with Crippen LogP contribution in [0.15, 0.2) is 42.7 Å². The number of carbonyl (C=O) groups excluding carboxylic acids is 1. The lowest BCUT2D eigenvalue weighted by atomic mass is 9.64. The van der Waals surface area contributed by atoms with E-state index in [4.69, 9.17) is 0 Å². The zero-order chi connectivity index (χ0) is 15.7. The highest BCUT2D eigenvalue weighted by Gasteiger charge is 2.44. The molecule has 4 heteroatoms. The molecule has 2 saturated carbocycles. The van der Waals surface area contributed by atoms with Crippen molar-refractivity contribution in [2.24, 2.45) is 5.41 Å². The summed E-state index contributed by atoms with van der Waals surface area (Å²) in [5.74, 6) is 1.55. The monoisotopic (exact) mass is 307 g/mol. The van der Waals surface area contributed by atoms with Crippen molar-refractivity contribution in [1.82, 2.24) is 9.97 Å². The van der Waals surface area contributed by atoms with Gasteiger partial charge in [-0.1, -0.05) is 36.8 Å². The van der Waals surface area contributed by atoms with Gasteiger partial charge in [-0.05, 0) is 37.7 Å². The third-order valence-corrected chi connectivity index (χ3v) is 5.05. The van der Waals surface area contributed by atoms with Crippen LogP contribution in [-0.4, -0.2) is 15.9 Å². The molecule has 4 rings (SSSR count). The highest BCUT2D eigenvalue weighted by molar-refractivity contribution is 5.95. The van der Waals surface area contributed by atoms with Gasteiger partial charge < -0.3 is 5.32 Å². The molecule has 2 aliphatic rings. The predicted molar refractivity (Wildman–Crippen MR) is 89.1 cm³/mol. The van der Waals surface area contributed by atoms with Crippen LogP contribution < -0.4 is 5.32 Å². The number of nitrogens with zero attached hydrogens (tertiary/aromatic N) is 2. The minimum Gasteiger partial charge on any atom is -0.323 e. The molecule has 1 N–H and O–H groups in total. The van der Waals surface area contributed by atoms with Crippen molar-refractivity contribution < 1.29 is 4.79 Å². The van der Waals surface area contributed by atoms with E-state index in [-0.39, 0.29) is 11.3 Å². The van der Waals surface area contributed by atoms with Gasteiger partial charge in [0.25, 0.3) is 0 Å². The second-order valence-electron chi connectivity index (χ2n) is 6.85. The van der Waals surface area contributed by atoms with Crippen LogP contribution in [0, 0.1) is 5.41 Å². The Labute approximate surface area is 136 Å². The van der Waals surface area contributed by atoms with Crippen LogP contribution in [0.2, 0.25) is 0 Å². The standard InChI is InChI=1S/C19H21N3O/c23-18(22-16-12-20-17(21-13-16)15-7-8-15)19(9-4-10-19)11-14-5-2-1-3-6-14/h1-3,5-6,12-13,15H,4,7-11H2,(H,22,23). The molecule has 2 aromatic rings. The van der Waals surface area contributed by atoms with Gasteiger partial charge in [0, 0.05) is 5.92 Å². The summed E-state index contributed by atoms with van der Waals surface area (Å²) in [6.45, 7) is 0. The first kappa shape index (κ1) is 14.4. The van der Waals surface area contributed by atoms with Crippen molar-refractivity contribution in [3.63, 3.8) is 0 Å². The van der Waals surface area contributed by atoms with Crippen LogP contribution in [0.4, 0.5) is 5.69 Å². The van der Waals surface area contributed by atoms with E-state index in [0.29, 0.717) is 11.6 Å². The lowest BCUT2D eigenvalue weighted by Crippen LogP contribution is -2.43. The van der Waals surface area contributed by atoms with Gasteiger partial charge >= 0.3 is 0 Å². The average molecular weight is 307 g/mol. The number of hydrogen-bond donors (Lipinski definition) is 1. The van der Waals surface area contributed by atoms with Gasteiger partial charge in [-0.2, -0.15) is 0 Å². The van der Waals surface area contributed by atoms with Crippen molar-refractivity contribution in [2.45, 2.75) is 44.4 Å². The first-order valence-corrected chi connectivity index (χ1v) is 8.43. The second kappa shape index (κ2) is 5.76. The topological polar surface area (TPSA) is 54.9 Å². The minimum atomic E-state index is -0.267. The SMILES string of the molecule is O=C(Nc1cnc(C2CC2)nc1)C1(Cc2ccccc2)CCC1. The van der Waals surface area contributed by atoms with E-state index in [1.807, 2.05) is 18.2 Å². The first-order chi connectivity index (χ1) is 11.3. The van der Waals surface area contributed by atoms with E-state index >= 15 is 0 Å². The molecule has 0 spiro atoms. The van der Waals surface area contributed by atoms with E-state index in [0.717, 1.165) is 31.5 Å². The molecular formula is C19H21N3O. The van der Waals surface area contributed by atoms with Gasteiger partial charge in [0.05, 0.1) is 23.5 Å². The number of rotatable bonds is 5. The zero-order valence-corrected chi connectivity index (χ0v) is 13.2. The summed E-state index contributed by atoms with van der Waals surface area (Å²) < 4.78 is 0. The smallest absolute Gasteiger partial charge is 0.231 e.